The number of hydrogen-bond acceptors (Lipinski definition) is 2. The lowest BCUT2D eigenvalue weighted by Crippen LogP contribution is -2.30. The van der Waals surface area contributed by atoms with Crippen LogP contribution in [0, 0.1) is 0 Å². The van der Waals surface area contributed by atoms with Gasteiger partial charge in [0.15, 0.2) is 0 Å². The lowest BCUT2D eigenvalue weighted by atomic mass is 10.8. The molecule has 0 radical (unpaired) electrons. The molecule has 4 heteroatoms. The summed E-state index contributed by atoms with van der Waals surface area (Å²) < 4.78 is 0. The number of nitrogens with two attached hydrogens (primary N) is 1. The van der Waals surface area contributed by atoms with E-state index in [-0.39, 0.29) is 0 Å². The monoisotopic (exact) mass is 115 g/mol. The number of primary amides is 1. The van der Waals surface area contributed by atoms with E-state index in [0.717, 1.165) is 0 Å². The molecule has 0 unspecified atom stereocenters. The highest BCUT2D eigenvalue weighted by Crippen LogP contribution is 1.71. The van der Waals surface area contributed by atoms with Crippen LogP contribution in [0.3, 0.4) is 0 Å². The predicted molar refractivity (Wildman–Crippen MR) is 31.8 cm³/mol. The first-order valence-corrected chi connectivity index (χ1v) is 2.13. The van der Waals surface area contributed by atoms with Crippen molar-refractivity contribution in [2.24, 2.45) is 10.7 Å². The molecule has 8 heavy (non-hydrogen) atoms. The fraction of sp³-hybridized carbons (Fsp3) is 0.500. The van der Waals surface area contributed by atoms with Gasteiger partial charge >= 0.3 is 6.03 Å². The number of hydrogen-bond donors (Lipinski definition) is 1. The summed E-state index contributed by atoms with van der Waals surface area (Å²) in [6.45, 7) is 0. The average Bonchev–Trinajstić information content (AvgIpc) is 1.67. The summed E-state index contributed by atoms with van der Waals surface area (Å²) in [7, 11) is 3.11. The molecule has 0 aromatic carbocycles. The minimum Gasteiger partial charge on any atom is -0.351 e. The van der Waals surface area contributed by atoms with E-state index >= 15 is 0 Å². The summed E-state index contributed by atoms with van der Waals surface area (Å²) in [4.78, 5) is 14.9. The van der Waals surface area contributed by atoms with Gasteiger partial charge in [0.2, 0.25) is 0 Å². The molecule has 0 heterocycles. The van der Waals surface area contributed by atoms with Gasteiger partial charge in [-0.15, -0.1) is 0 Å². The van der Waals surface area contributed by atoms with E-state index in [0.29, 0.717) is 0 Å². The van der Waals surface area contributed by atoms with E-state index in [1.807, 2.05) is 0 Å². The third kappa shape index (κ3) is 2.17. The van der Waals surface area contributed by atoms with Crippen LogP contribution in [0.2, 0.25) is 0 Å². The highest BCUT2D eigenvalue weighted by atomic mass is 16.2. The Morgan fingerprint density at radius 2 is 2.38 bits per heavy atom. The Hall–Kier alpha value is -1.06. The van der Waals surface area contributed by atoms with Gasteiger partial charge in [0.25, 0.3) is 0 Å². The zero-order valence-electron chi connectivity index (χ0n) is 4.96. The minimum absolute atomic E-state index is 0.504. The van der Waals surface area contributed by atoms with Crippen LogP contribution in [0.4, 0.5) is 4.79 Å². The van der Waals surface area contributed by atoms with Gasteiger partial charge in [-0.3, -0.25) is 9.89 Å². The number of nitrogens with zero attached hydrogens (tertiary/aromatic N) is 2. The Kier molecular flexibility index (Phi) is 2.61. The van der Waals surface area contributed by atoms with Crippen molar-refractivity contribution >= 4 is 12.4 Å². The second-order valence-electron chi connectivity index (χ2n) is 1.32. The molecule has 0 aliphatic heterocycles. The summed E-state index contributed by atoms with van der Waals surface area (Å²) in [5, 5.41) is 0. The van der Waals surface area contributed by atoms with Crippen molar-refractivity contribution < 1.29 is 4.79 Å². The fourth-order valence-electron chi connectivity index (χ4n) is 0.230. The van der Waals surface area contributed by atoms with Crippen LogP contribution < -0.4 is 5.73 Å². The summed E-state index contributed by atoms with van der Waals surface area (Å²) in [6.07, 6.45) is 1.35. The lowest BCUT2D eigenvalue weighted by molar-refractivity contribution is 0.236. The molecule has 0 aliphatic rings. The molecule has 0 aromatic rings. The Labute approximate surface area is 48.0 Å². The quantitative estimate of drug-likeness (QED) is 0.368. The standard InChI is InChI=1S/C4H9N3O/c1-6-3-7(2)4(5)8/h3H,1-2H3,(H2,5,8). The van der Waals surface area contributed by atoms with Crippen LogP contribution in [0.25, 0.3) is 0 Å². The minimum atomic E-state index is -0.504. The summed E-state index contributed by atoms with van der Waals surface area (Å²) in [5.41, 5.74) is 4.82. The second kappa shape index (κ2) is 3.01. The number of carbonyl (C=O) groups excluding carboxylic acids is 1. The molecule has 0 spiro atoms. The van der Waals surface area contributed by atoms with Crippen molar-refractivity contribution in [3.63, 3.8) is 0 Å². The molecule has 0 bridgehead atoms. The SMILES string of the molecule is CN=CN(C)C(N)=O. The maximum Gasteiger partial charge on any atom is 0.319 e. The van der Waals surface area contributed by atoms with Gasteiger partial charge in [-0.25, -0.2) is 4.79 Å². The lowest BCUT2D eigenvalue weighted by Gasteiger charge is -2.03. The molecule has 0 atom stereocenters. The van der Waals surface area contributed by atoms with Crippen LogP contribution in [0.15, 0.2) is 4.99 Å². The Balaban J connectivity index is 3.64. The predicted octanol–water partition coefficient (Wildman–Crippen LogP) is -0.345. The molecule has 4 nitrogen and oxygen atoms in total. The topological polar surface area (TPSA) is 58.7 Å². The van der Waals surface area contributed by atoms with E-state index < -0.39 is 6.03 Å². The molecule has 0 fully saturated rings. The summed E-state index contributed by atoms with van der Waals surface area (Å²) >= 11 is 0. The molecule has 46 valence electrons. The first-order chi connectivity index (χ1) is 3.68. The van der Waals surface area contributed by atoms with Crippen LogP contribution in [0.1, 0.15) is 0 Å². The van der Waals surface area contributed by atoms with Gasteiger partial charge in [0.05, 0.1) is 6.34 Å². The van der Waals surface area contributed by atoms with E-state index in [1.54, 1.807) is 7.05 Å². The maximum absolute atomic E-state index is 10.1. The van der Waals surface area contributed by atoms with E-state index in [4.69, 9.17) is 5.73 Å². The number of urea groups is 1. The van der Waals surface area contributed by atoms with E-state index in [2.05, 4.69) is 4.99 Å². The largest absolute Gasteiger partial charge is 0.351 e. The Bertz CT molecular complexity index is 110. The van der Waals surface area contributed by atoms with Gasteiger partial charge in [0, 0.05) is 14.1 Å². The normalized spacial score (nSPS) is 9.75. The highest BCUT2D eigenvalue weighted by molar-refractivity contribution is 5.84. The second-order valence-corrected chi connectivity index (χ2v) is 1.32. The molecule has 0 saturated heterocycles. The van der Waals surface area contributed by atoms with Gasteiger partial charge in [0.1, 0.15) is 0 Å². The van der Waals surface area contributed by atoms with Crippen molar-refractivity contribution in [3.05, 3.63) is 0 Å². The zero-order valence-corrected chi connectivity index (χ0v) is 4.96. The van der Waals surface area contributed by atoms with Crippen LogP contribution in [-0.4, -0.2) is 31.4 Å². The zero-order chi connectivity index (χ0) is 6.57. The van der Waals surface area contributed by atoms with E-state index in [1.165, 1.54) is 18.3 Å². The van der Waals surface area contributed by atoms with Crippen LogP contribution in [-0.2, 0) is 0 Å². The van der Waals surface area contributed by atoms with Gasteiger partial charge in [-0.1, -0.05) is 0 Å². The van der Waals surface area contributed by atoms with Crippen molar-refractivity contribution in [3.8, 4) is 0 Å². The maximum atomic E-state index is 10.1. The van der Waals surface area contributed by atoms with Gasteiger partial charge in [-0.2, -0.15) is 0 Å². The van der Waals surface area contributed by atoms with Crippen molar-refractivity contribution in [1.29, 1.82) is 0 Å². The summed E-state index contributed by atoms with van der Waals surface area (Å²) in [5.74, 6) is 0. The van der Waals surface area contributed by atoms with Crippen LogP contribution in [0.5, 0.6) is 0 Å². The molecule has 0 aliphatic carbocycles. The summed E-state index contributed by atoms with van der Waals surface area (Å²) in [6, 6.07) is -0.504. The number of aliphatic imine (C=N–C) groups is 1. The number of carbonyl (C=O) groups is 1. The number of rotatable bonds is 1. The molecule has 0 rings (SSSR count). The molecule has 2 amide bonds. The first kappa shape index (κ1) is 6.94. The molecule has 2 N–H and O–H groups in total. The smallest absolute Gasteiger partial charge is 0.319 e. The Morgan fingerprint density at radius 1 is 1.88 bits per heavy atom. The molecule has 0 aromatic heterocycles. The molecular weight excluding hydrogens is 106 g/mol. The van der Waals surface area contributed by atoms with Gasteiger partial charge in [-0.05, 0) is 0 Å². The molecule has 0 saturated carbocycles. The van der Waals surface area contributed by atoms with Crippen molar-refractivity contribution in [1.82, 2.24) is 4.90 Å². The first-order valence-electron chi connectivity index (χ1n) is 2.13. The van der Waals surface area contributed by atoms with E-state index in [9.17, 15) is 4.79 Å². The third-order valence-electron chi connectivity index (χ3n) is 0.636. The van der Waals surface area contributed by atoms with Crippen LogP contribution >= 0.6 is 0 Å². The highest BCUT2D eigenvalue weighted by Gasteiger charge is 1.94. The van der Waals surface area contributed by atoms with Gasteiger partial charge < -0.3 is 5.73 Å². The Morgan fingerprint density at radius 3 is 2.50 bits per heavy atom. The average molecular weight is 115 g/mol. The van der Waals surface area contributed by atoms with Crippen molar-refractivity contribution in [2.45, 2.75) is 0 Å². The third-order valence-corrected chi connectivity index (χ3v) is 0.636. The van der Waals surface area contributed by atoms with Crippen molar-refractivity contribution in [2.75, 3.05) is 14.1 Å². The number of amides is 2. The molecular formula is C4H9N3O. The fourth-order valence-corrected chi connectivity index (χ4v) is 0.230.